The predicted molar refractivity (Wildman–Crippen MR) is 106 cm³/mol. The Morgan fingerprint density at radius 3 is 2.38 bits per heavy atom. The molecule has 0 radical (unpaired) electrons. The Balaban J connectivity index is 0.00000243. The van der Waals surface area contributed by atoms with Crippen molar-refractivity contribution in [1.29, 1.82) is 0 Å². The first-order chi connectivity index (χ1) is 12.1. The molecular weight excluding hydrogens is 352 g/mol. The number of halogens is 1. The Labute approximate surface area is 160 Å². The maximum absolute atomic E-state index is 12.1. The second-order valence-corrected chi connectivity index (χ2v) is 6.50. The molecule has 1 amide bonds. The van der Waals surface area contributed by atoms with Gasteiger partial charge in [0.15, 0.2) is 0 Å². The van der Waals surface area contributed by atoms with Gasteiger partial charge in [-0.25, -0.2) is 0 Å². The molecule has 26 heavy (non-hydrogen) atoms. The molecule has 0 aromatic heterocycles. The first kappa shape index (κ1) is 20.1. The second-order valence-electron chi connectivity index (χ2n) is 6.50. The van der Waals surface area contributed by atoms with Gasteiger partial charge in [0.1, 0.15) is 11.9 Å². The molecule has 1 fully saturated rings. The van der Waals surface area contributed by atoms with Gasteiger partial charge in [-0.2, -0.15) is 0 Å². The number of amides is 1. The van der Waals surface area contributed by atoms with Crippen LogP contribution in [0.5, 0.6) is 5.75 Å². The molecular formula is C20H25ClN2O3. The van der Waals surface area contributed by atoms with Crippen molar-refractivity contribution in [3.8, 4) is 5.75 Å². The zero-order valence-electron chi connectivity index (χ0n) is 14.6. The maximum Gasteiger partial charge on any atom is 0.228 e. The average Bonchev–Trinajstić information content (AvgIpc) is 2.61. The lowest BCUT2D eigenvalue weighted by Crippen LogP contribution is -2.34. The highest BCUT2D eigenvalue weighted by atomic mass is 35.5. The van der Waals surface area contributed by atoms with Crippen LogP contribution in [0.4, 0.5) is 11.4 Å². The largest absolute Gasteiger partial charge is 0.488 e. The molecule has 6 heteroatoms. The summed E-state index contributed by atoms with van der Waals surface area (Å²) >= 11 is 0. The highest BCUT2D eigenvalue weighted by Crippen LogP contribution is 2.25. The van der Waals surface area contributed by atoms with Crippen LogP contribution in [0.25, 0.3) is 0 Å². The number of hydrogen-bond acceptors (Lipinski definition) is 4. The van der Waals surface area contributed by atoms with Gasteiger partial charge in [-0.3, -0.25) is 4.79 Å². The summed E-state index contributed by atoms with van der Waals surface area (Å²) in [5, 5.41) is 12.8. The van der Waals surface area contributed by atoms with Crippen molar-refractivity contribution in [2.45, 2.75) is 44.3 Å². The number of aliphatic hydroxyl groups excluding tert-OH is 1. The lowest BCUT2D eigenvalue weighted by atomic mass is 9.95. The summed E-state index contributed by atoms with van der Waals surface area (Å²) < 4.78 is 5.86. The first-order valence-corrected chi connectivity index (χ1v) is 8.69. The third kappa shape index (κ3) is 5.64. The standard InChI is InChI=1S/C20H24N2O3.ClH/c21-15-7-5-14(6-8-15)13-20(24)22-16-9-11-17(12-10-16)25-19-4-2-1-3-18(19)23;/h5-12,18-19,23H,1-4,13,21H2,(H,22,24);1H. The summed E-state index contributed by atoms with van der Waals surface area (Å²) in [5.41, 5.74) is 7.96. The van der Waals surface area contributed by atoms with Crippen molar-refractivity contribution in [3.05, 3.63) is 54.1 Å². The zero-order valence-corrected chi connectivity index (χ0v) is 15.4. The summed E-state index contributed by atoms with van der Waals surface area (Å²) in [6.45, 7) is 0. The molecule has 0 bridgehead atoms. The van der Waals surface area contributed by atoms with Gasteiger partial charge in [-0.15, -0.1) is 12.4 Å². The molecule has 2 unspecified atom stereocenters. The van der Waals surface area contributed by atoms with Crippen molar-refractivity contribution >= 4 is 29.7 Å². The lowest BCUT2D eigenvalue weighted by molar-refractivity contribution is -0.115. The normalized spacial score (nSPS) is 19.3. The number of ether oxygens (including phenoxy) is 1. The number of nitrogens with one attached hydrogen (secondary N) is 1. The molecule has 4 N–H and O–H groups in total. The number of carbonyl (C=O) groups excluding carboxylic acids is 1. The summed E-state index contributed by atoms with van der Waals surface area (Å²) in [4.78, 5) is 12.1. The fraction of sp³-hybridized carbons (Fsp3) is 0.350. The lowest BCUT2D eigenvalue weighted by Gasteiger charge is -2.28. The molecule has 2 aromatic rings. The number of nitrogen functional groups attached to an aromatic ring is 1. The zero-order chi connectivity index (χ0) is 17.6. The van der Waals surface area contributed by atoms with E-state index >= 15 is 0 Å². The van der Waals surface area contributed by atoms with Crippen molar-refractivity contribution in [2.75, 3.05) is 11.1 Å². The Kier molecular flexibility index (Phi) is 7.30. The molecule has 0 aliphatic heterocycles. The molecule has 1 saturated carbocycles. The van der Waals surface area contributed by atoms with Crippen LogP contribution in [0.1, 0.15) is 31.2 Å². The topological polar surface area (TPSA) is 84.6 Å². The fourth-order valence-corrected chi connectivity index (χ4v) is 3.03. The molecule has 140 valence electrons. The van der Waals surface area contributed by atoms with E-state index < -0.39 is 6.10 Å². The van der Waals surface area contributed by atoms with Crippen LogP contribution < -0.4 is 15.8 Å². The van der Waals surface area contributed by atoms with Gasteiger partial charge in [0.2, 0.25) is 5.91 Å². The van der Waals surface area contributed by atoms with Crippen LogP contribution >= 0.6 is 12.4 Å². The molecule has 0 heterocycles. The molecule has 0 saturated heterocycles. The van der Waals surface area contributed by atoms with Crippen molar-refractivity contribution in [1.82, 2.24) is 0 Å². The van der Waals surface area contributed by atoms with E-state index in [1.165, 1.54) is 0 Å². The third-order valence-electron chi connectivity index (χ3n) is 4.44. The minimum Gasteiger partial charge on any atom is -0.488 e. The Bertz CT molecular complexity index is 704. The summed E-state index contributed by atoms with van der Waals surface area (Å²) in [6, 6.07) is 14.5. The highest BCUT2D eigenvalue weighted by molar-refractivity contribution is 5.92. The van der Waals surface area contributed by atoms with E-state index in [-0.39, 0.29) is 24.4 Å². The van der Waals surface area contributed by atoms with Crippen molar-refractivity contribution in [3.63, 3.8) is 0 Å². The first-order valence-electron chi connectivity index (χ1n) is 8.69. The smallest absolute Gasteiger partial charge is 0.228 e. The van der Waals surface area contributed by atoms with E-state index in [9.17, 15) is 9.90 Å². The number of carbonyl (C=O) groups is 1. The van der Waals surface area contributed by atoms with Crippen LogP contribution in [-0.2, 0) is 11.2 Å². The minimum absolute atomic E-state index is 0. The van der Waals surface area contributed by atoms with E-state index in [0.29, 0.717) is 17.9 Å². The number of rotatable bonds is 5. The van der Waals surface area contributed by atoms with Crippen molar-refractivity contribution < 1.29 is 14.6 Å². The molecule has 2 atom stereocenters. The molecule has 1 aliphatic rings. The van der Waals surface area contributed by atoms with E-state index in [0.717, 1.165) is 36.9 Å². The molecule has 3 rings (SSSR count). The Morgan fingerprint density at radius 2 is 1.73 bits per heavy atom. The van der Waals surface area contributed by atoms with Crippen LogP contribution in [0.3, 0.4) is 0 Å². The van der Waals surface area contributed by atoms with Gasteiger partial charge >= 0.3 is 0 Å². The van der Waals surface area contributed by atoms with Gasteiger partial charge in [0.25, 0.3) is 0 Å². The van der Waals surface area contributed by atoms with E-state index in [1.54, 1.807) is 12.1 Å². The highest BCUT2D eigenvalue weighted by Gasteiger charge is 2.24. The second kappa shape index (κ2) is 9.46. The number of hydrogen-bond donors (Lipinski definition) is 3. The van der Waals surface area contributed by atoms with Gasteiger partial charge in [-0.05, 0) is 61.2 Å². The third-order valence-corrected chi connectivity index (χ3v) is 4.44. The number of aliphatic hydroxyl groups is 1. The van der Waals surface area contributed by atoms with E-state index in [1.807, 2.05) is 36.4 Å². The maximum atomic E-state index is 12.1. The Morgan fingerprint density at radius 1 is 1.08 bits per heavy atom. The Hall–Kier alpha value is -2.24. The van der Waals surface area contributed by atoms with Crippen LogP contribution in [0.2, 0.25) is 0 Å². The van der Waals surface area contributed by atoms with E-state index in [2.05, 4.69) is 5.32 Å². The average molecular weight is 377 g/mol. The molecule has 1 aliphatic carbocycles. The van der Waals surface area contributed by atoms with Gasteiger partial charge in [0.05, 0.1) is 12.5 Å². The summed E-state index contributed by atoms with van der Waals surface area (Å²) in [7, 11) is 0. The van der Waals surface area contributed by atoms with E-state index in [4.69, 9.17) is 10.5 Å². The number of nitrogens with two attached hydrogens (primary N) is 1. The monoisotopic (exact) mass is 376 g/mol. The predicted octanol–water partition coefficient (Wildman–Crippen LogP) is 3.55. The van der Waals surface area contributed by atoms with Crippen LogP contribution in [-0.4, -0.2) is 23.2 Å². The minimum atomic E-state index is -0.395. The molecule has 5 nitrogen and oxygen atoms in total. The quantitative estimate of drug-likeness (QED) is 0.696. The van der Waals surface area contributed by atoms with Gasteiger partial charge in [-0.1, -0.05) is 18.6 Å². The van der Waals surface area contributed by atoms with Gasteiger partial charge in [0, 0.05) is 11.4 Å². The number of anilines is 2. The molecule has 0 spiro atoms. The van der Waals surface area contributed by atoms with Gasteiger partial charge < -0.3 is 20.9 Å². The van der Waals surface area contributed by atoms with Crippen LogP contribution in [0, 0.1) is 0 Å². The summed E-state index contributed by atoms with van der Waals surface area (Å²) in [6.07, 6.45) is 3.58. The SMILES string of the molecule is Cl.Nc1ccc(CC(=O)Nc2ccc(OC3CCCCC3O)cc2)cc1. The molecule has 2 aromatic carbocycles. The van der Waals surface area contributed by atoms with Crippen LogP contribution in [0.15, 0.2) is 48.5 Å². The number of benzene rings is 2. The summed E-state index contributed by atoms with van der Waals surface area (Å²) in [5.74, 6) is 0.628. The van der Waals surface area contributed by atoms with Crippen molar-refractivity contribution in [2.24, 2.45) is 0 Å². The fourth-order valence-electron chi connectivity index (χ4n) is 3.03.